The van der Waals surface area contributed by atoms with E-state index in [4.69, 9.17) is 16.7 Å². The van der Waals surface area contributed by atoms with Gasteiger partial charge in [0.15, 0.2) is 5.82 Å². The third-order valence-electron chi connectivity index (χ3n) is 6.09. The summed E-state index contributed by atoms with van der Waals surface area (Å²) in [4.78, 5) is 21.1. The van der Waals surface area contributed by atoms with E-state index in [0.717, 1.165) is 34.4 Å². The lowest BCUT2D eigenvalue weighted by Gasteiger charge is -2.35. The Labute approximate surface area is 216 Å². The van der Waals surface area contributed by atoms with Crippen molar-refractivity contribution in [2.75, 3.05) is 28.8 Å². The van der Waals surface area contributed by atoms with Gasteiger partial charge in [0.05, 0.1) is 21.0 Å². The number of anilines is 2. The first-order valence-corrected chi connectivity index (χ1v) is 13.0. The van der Waals surface area contributed by atoms with Crippen LogP contribution < -0.4 is 9.21 Å². The summed E-state index contributed by atoms with van der Waals surface area (Å²) in [6.07, 6.45) is -1.29. The van der Waals surface area contributed by atoms with E-state index in [1.165, 1.54) is 0 Å². The Morgan fingerprint density at radius 1 is 1.11 bits per heavy atom. The Kier molecular flexibility index (Phi) is 7.60. The SMILES string of the molecule is O=C(O)c1ccc(S(=O)(=O)N(CC2CCN(c3ccccn3)CC2)c2ncc(C(F)(F)F)cc2Cl)cc1. The zero-order chi connectivity index (χ0) is 26.8. The van der Waals surface area contributed by atoms with Gasteiger partial charge in [0.25, 0.3) is 10.0 Å². The fraction of sp³-hybridized carbons (Fsp3) is 0.292. The van der Waals surface area contributed by atoms with Gasteiger partial charge in [-0.1, -0.05) is 17.7 Å². The van der Waals surface area contributed by atoms with Crippen molar-refractivity contribution in [3.05, 3.63) is 77.1 Å². The molecule has 37 heavy (non-hydrogen) atoms. The highest BCUT2D eigenvalue weighted by Gasteiger charge is 2.35. The predicted octanol–water partition coefficient (Wildman–Crippen LogP) is 4.96. The lowest BCUT2D eigenvalue weighted by molar-refractivity contribution is -0.137. The second kappa shape index (κ2) is 10.5. The van der Waals surface area contributed by atoms with Crippen LogP contribution in [0, 0.1) is 5.92 Å². The molecule has 1 aliphatic heterocycles. The van der Waals surface area contributed by atoms with E-state index in [0.29, 0.717) is 38.2 Å². The first-order chi connectivity index (χ1) is 17.5. The van der Waals surface area contributed by atoms with E-state index in [1.807, 2.05) is 18.2 Å². The molecule has 0 radical (unpaired) electrons. The van der Waals surface area contributed by atoms with Gasteiger partial charge >= 0.3 is 12.1 Å². The Morgan fingerprint density at radius 2 is 1.78 bits per heavy atom. The highest BCUT2D eigenvalue weighted by molar-refractivity contribution is 7.92. The smallest absolute Gasteiger partial charge is 0.417 e. The number of benzene rings is 1. The van der Waals surface area contributed by atoms with Crippen LogP contribution >= 0.6 is 11.6 Å². The molecule has 1 aromatic carbocycles. The second-order valence-corrected chi connectivity index (χ2v) is 10.8. The number of carbonyl (C=O) groups is 1. The van der Waals surface area contributed by atoms with Crippen LogP contribution in [0.1, 0.15) is 28.8 Å². The van der Waals surface area contributed by atoms with Gasteiger partial charge in [-0.05, 0) is 61.2 Å². The van der Waals surface area contributed by atoms with E-state index in [2.05, 4.69) is 14.9 Å². The zero-order valence-corrected chi connectivity index (χ0v) is 20.8. The molecule has 4 rings (SSSR count). The van der Waals surface area contributed by atoms with E-state index < -0.39 is 32.8 Å². The maximum atomic E-state index is 13.6. The average molecular weight is 555 g/mol. The predicted molar refractivity (Wildman–Crippen MR) is 131 cm³/mol. The van der Waals surface area contributed by atoms with Gasteiger partial charge in [-0.3, -0.25) is 0 Å². The van der Waals surface area contributed by atoms with Crippen molar-refractivity contribution in [3.8, 4) is 0 Å². The number of nitrogens with zero attached hydrogens (tertiary/aromatic N) is 4. The summed E-state index contributed by atoms with van der Waals surface area (Å²) in [6.45, 7) is 1.14. The molecule has 196 valence electrons. The number of sulfonamides is 1. The highest BCUT2D eigenvalue weighted by atomic mass is 35.5. The number of piperidine rings is 1. The molecule has 1 aliphatic rings. The molecule has 0 amide bonds. The summed E-state index contributed by atoms with van der Waals surface area (Å²) >= 11 is 6.15. The first kappa shape index (κ1) is 26.7. The number of hydrogen-bond donors (Lipinski definition) is 1. The molecular formula is C24H22ClF3N4O4S. The molecule has 8 nitrogen and oxygen atoms in total. The molecule has 3 aromatic rings. The molecule has 13 heteroatoms. The van der Waals surface area contributed by atoms with Crippen LogP contribution in [0.25, 0.3) is 0 Å². The number of carboxylic acid groups (broad SMARTS) is 1. The number of hydrogen-bond acceptors (Lipinski definition) is 6. The molecule has 2 aromatic heterocycles. The average Bonchev–Trinajstić information content (AvgIpc) is 2.88. The standard InChI is InChI=1S/C24H22ClF3N4O4S/c25-20-13-18(24(26,27)28)14-30-22(20)32(37(35,36)19-6-4-17(5-7-19)23(33)34)15-16-8-11-31(12-9-16)21-3-1-2-10-29-21/h1-7,10,13-14,16H,8-9,11-12,15H2,(H,33,34). The van der Waals surface area contributed by atoms with Crippen molar-refractivity contribution in [1.82, 2.24) is 9.97 Å². The van der Waals surface area contributed by atoms with E-state index in [9.17, 15) is 26.4 Å². The highest BCUT2D eigenvalue weighted by Crippen LogP contribution is 2.36. The third-order valence-corrected chi connectivity index (χ3v) is 8.13. The van der Waals surface area contributed by atoms with Crippen LogP contribution in [0.4, 0.5) is 24.8 Å². The monoisotopic (exact) mass is 554 g/mol. The summed E-state index contributed by atoms with van der Waals surface area (Å²) in [5.41, 5.74) is -1.22. The summed E-state index contributed by atoms with van der Waals surface area (Å²) < 4.78 is 67.7. The Morgan fingerprint density at radius 3 is 2.32 bits per heavy atom. The minimum Gasteiger partial charge on any atom is -0.478 e. The number of halogens is 4. The number of aromatic nitrogens is 2. The van der Waals surface area contributed by atoms with Crippen molar-refractivity contribution < 1.29 is 31.5 Å². The number of carboxylic acids is 1. The van der Waals surface area contributed by atoms with Crippen molar-refractivity contribution in [3.63, 3.8) is 0 Å². The van der Waals surface area contributed by atoms with Crippen LogP contribution in [0.5, 0.6) is 0 Å². The van der Waals surface area contributed by atoms with Crippen molar-refractivity contribution >= 4 is 39.2 Å². The Balaban J connectivity index is 1.65. The van der Waals surface area contributed by atoms with E-state index in [1.54, 1.807) is 6.20 Å². The molecule has 0 spiro atoms. The summed E-state index contributed by atoms with van der Waals surface area (Å²) in [5, 5.41) is 8.66. The maximum absolute atomic E-state index is 13.6. The van der Waals surface area contributed by atoms with Gasteiger partial charge in [0.2, 0.25) is 0 Å². The summed E-state index contributed by atoms with van der Waals surface area (Å²) in [7, 11) is -4.35. The summed E-state index contributed by atoms with van der Waals surface area (Å²) in [5.74, 6) is -0.901. The Bertz CT molecular complexity index is 1360. The molecule has 1 saturated heterocycles. The molecule has 1 fully saturated rings. The normalized spacial score (nSPS) is 15.0. The van der Waals surface area contributed by atoms with Gasteiger partial charge in [0.1, 0.15) is 5.82 Å². The lowest BCUT2D eigenvalue weighted by Crippen LogP contribution is -2.41. The van der Waals surface area contributed by atoms with Crippen molar-refractivity contribution in [1.29, 1.82) is 0 Å². The van der Waals surface area contributed by atoms with Crippen molar-refractivity contribution in [2.45, 2.75) is 23.9 Å². The molecule has 0 unspecified atom stereocenters. The molecule has 0 aliphatic carbocycles. The minimum absolute atomic E-state index is 0.0723. The first-order valence-electron chi connectivity index (χ1n) is 11.2. The third kappa shape index (κ3) is 5.96. The largest absolute Gasteiger partial charge is 0.478 e. The maximum Gasteiger partial charge on any atom is 0.417 e. The number of alkyl halides is 3. The number of pyridine rings is 2. The number of rotatable bonds is 7. The van der Waals surface area contributed by atoms with E-state index in [-0.39, 0.29) is 28.7 Å². The molecular weight excluding hydrogens is 533 g/mol. The van der Waals surface area contributed by atoms with Crippen molar-refractivity contribution in [2.24, 2.45) is 5.92 Å². The molecule has 1 N–H and O–H groups in total. The molecule has 0 bridgehead atoms. The van der Waals surface area contributed by atoms with E-state index >= 15 is 0 Å². The zero-order valence-electron chi connectivity index (χ0n) is 19.3. The Hall–Kier alpha value is -3.38. The van der Waals surface area contributed by atoms with Gasteiger partial charge in [-0.2, -0.15) is 13.2 Å². The van der Waals surface area contributed by atoms with Gasteiger partial charge in [-0.15, -0.1) is 0 Å². The van der Waals surface area contributed by atoms with Crippen LogP contribution in [0.3, 0.4) is 0 Å². The second-order valence-electron chi connectivity index (χ2n) is 8.51. The fourth-order valence-corrected chi connectivity index (χ4v) is 5.92. The minimum atomic E-state index is -4.70. The fourth-order valence-electron chi connectivity index (χ4n) is 4.08. The molecule has 0 atom stereocenters. The van der Waals surface area contributed by atoms with Crippen LogP contribution in [-0.4, -0.2) is 49.1 Å². The molecule has 3 heterocycles. The van der Waals surface area contributed by atoms with Crippen LogP contribution in [0.2, 0.25) is 5.02 Å². The number of aromatic carboxylic acids is 1. The topological polar surface area (TPSA) is 104 Å². The van der Waals surface area contributed by atoms with Crippen LogP contribution in [0.15, 0.2) is 65.8 Å². The lowest BCUT2D eigenvalue weighted by atomic mass is 9.96. The summed E-state index contributed by atoms with van der Waals surface area (Å²) in [6, 6.07) is 10.7. The molecule has 0 saturated carbocycles. The van der Waals surface area contributed by atoms with Gasteiger partial charge < -0.3 is 10.0 Å². The van der Waals surface area contributed by atoms with Gasteiger partial charge in [-0.25, -0.2) is 27.5 Å². The van der Waals surface area contributed by atoms with Gasteiger partial charge in [0, 0.05) is 32.0 Å². The van der Waals surface area contributed by atoms with Crippen LogP contribution in [-0.2, 0) is 16.2 Å². The quantitative estimate of drug-likeness (QED) is 0.440.